The number of hydrogen-bond acceptors (Lipinski definition) is 4. The third-order valence-electron chi connectivity index (χ3n) is 5.16. The maximum atomic E-state index is 13.4. The topological polar surface area (TPSA) is 49.4 Å². The summed E-state index contributed by atoms with van der Waals surface area (Å²) in [5.41, 5.74) is 1.09. The Hall–Kier alpha value is -3.23. The Kier molecular flexibility index (Phi) is 6.47. The maximum absolute atomic E-state index is 13.4. The van der Waals surface area contributed by atoms with Gasteiger partial charge >= 0.3 is 6.18 Å². The molecular formula is C25H18ClF3N2O2S. The van der Waals surface area contributed by atoms with Gasteiger partial charge in [0.05, 0.1) is 16.3 Å². The molecule has 1 aliphatic heterocycles. The number of thioether (sulfide) groups is 1. The molecule has 0 aliphatic carbocycles. The Balaban J connectivity index is 1.80. The van der Waals surface area contributed by atoms with Crippen molar-refractivity contribution >= 4 is 46.6 Å². The first-order valence-corrected chi connectivity index (χ1v) is 11.3. The van der Waals surface area contributed by atoms with Crippen molar-refractivity contribution in [1.82, 2.24) is 0 Å². The molecule has 1 N–H and O–H groups in total. The molecule has 0 radical (unpaired) electrons. The summed E-state index contributed by atoms with van der Waals surface area (Å²) >= 11 is 7.21. The number of aryl methyl sites for hydroxylation is 2. The van der Waals surface area contributed by atoms with Crippen LogP contribution in [-0.2, 0) is 15.8 Å². The molecule has 0 atom stereocenters. The molecule has 34 heavy (non-hydrogen) atoms. The van der Waals surface area contributed by atoms with Crippen LogP contribution in [0.3, 0.4) is 0 Å². The lowest BCUT2D eigenvalue weighted by Crippen LogP contribution is -2.33. The van der Waals surface area contributed by atoms with Crippen LogP contribution in [0.1, 0.15) is 16.7 Å². The van der Waals surface area contributed by atoms with E-state index in [0.29, 0.717) is 21.5 Å². The summed E-state index contributed by atoms with van der Waals surface area (Å²) in [6.45, 7) is 3.77. The fourth-order valence-electron chi connectivity index (χ4n) is 3.49. The van der Waals surface area contributed by atoms with Crippen LogP contribution in [0.4, 0.5) is 24.5 Å². The second kappa shape index (κ2) is 9.19. The van der Waals surface area contributed by atoms with Crippen LogP contribution in [0.25, 0.3) is 0 Å². The Bertz CT molecular complexity index is 1320. The van der Waals surface area contributed by atoms with Crippen molar-refractivity contribution in [2.45, 2.75) is 24.9 Å². The molecular weight excluding hydrogens is 485 g/mol. The van der Waals surface area contributed by atoms with Crippen molar-refractivity contribution in [1.29, 1.82) is 0 Å². The van der Waals surface area contributed by atoms with E-state index in [2.05, 4.69) is 5.32 Å². The highest BCUT2D eigenvalue weighted by atomic mass is 35.5. The number of anilines is 2. The molecule has 4 rings (SSSR count). The first-order valence-electron chi connectivity index (χ1n) is 10.1. The fourth-order valence-corrected chi connectivity index (χ4v) is 4.64. The smallest absolute Gasteiger partial charge is 0.350 e. The van der Waals surface area contributed by atoms with Crippen molar-refractivity contribution in [2.75, 3.05) is 10.2 Å². The monoisotopic (exact) mass is 502 g/mol. The molecule has 3 aromatic rings. The Morgan fingerprint density at radius 2 is 1.62 bits per heavy atom. The number of nitrogens with one attached hydrogen (secondary N) is 1. The number of halogens is 4. The average Bonchev–Trinajstić information content (AvgIpc) is 3.00. The van der Waals surface area contributed by atoms with Crippen LogP contribution in [0.15, 0.2) is 82.2 Å². The highest BCUT2D eigenvalue weighted by molar-refractivity contribution is 8.04. The van der Waals surface area contributed by atoms with Gasteiger partial charge in [0, 0.05) is 10.6 Å². The Morgan fingerprint density at radius 3 is 2.26 bits per heavy atom. The van der Waals surface area contributed by atoms with Crippen LogP contribution in [0, 0.1) is 13.8 Å². The number of imide groups is 1. The molecule has 4 nitrogen and oxygen atoms in total. The molecule has 0 spiro atoms. The number of rotatable bonds is 5. The third-order valence-corrected chi connectivity index (χ3v) is 6.57. The van der Waals surface area contributed by atoms with Crippen molar-refractivity contribution < 1.29 is 22.8 Å². The summed E-state index contributed by atoms with van der Waals surface area (Å²) in [6.07, 6.45) is -4.67. The summed E-state index contributed by atoms with van der Waals surface area (Å²) < 4.78 is 40.0. The molecule has 0 aromatic heterocycles. The van der Waals surface area contributed by atoms with Gasteiger partial charge in [-0.15, -0.1) is 0 Å². The molecule has 1 aliphatic rings. The summed E-state index contributed by atoms with van der Waals surface area (Å²) in [5, 5.41) is 2.89. The zero-order valence-corrected chi connectivity index (χ0v) is 19.6. The predicted octanol–water partition coefficient (Wildman–Crippen LogP) is 6.96. The summed E-state index contributed by atoms with van der Waals surface area (Å²) in [7, 11) is 0. The van der Waals surface area contributed by atoms with E-state index >= 15 is 0 Å². The molecule has 2 amide bonds. The highest BCUT2D eigenvalue weighted by Crippen LogP contribution is 2.42. The van der Waals surface area contributed by atoms with Crippen molar-refractivity contribution in [3.63, 3.8) is 0 Å². The molecule has 174 valence electrons. The second-order valence-electron chi connectivity index (χ2n) is 7.67. The number of nitrogens with zero attached hydrogens (tertiary/aromatic N) is 1. The maximum Gasteiger partial charge on any atom is 0.416 e. The van der Waals surface area contributed by atoms with Gasteiger partial charge in [-0.3, -0.25) is 9.59 Å². The van der Waals surface area contributed by atoms with Gasteiger partial charge in [-0.05, 0) is 55.8 Å². The van der Waals surface area contributed by atoms with Crippen LogP contribution in [-0.4, -0.2) is 11.8 Å². The standard InChI is InChI=1S/C25H18ClF3N2O2S/c1-14-8-11-19(15(2)12-14)30-21-22(34-17-6-4-3-5-7-17)24(33)31(23(21)32)20-13-16(25(27,28)29)9-10-18(20)26/h3-13,30H,1-2H3. The van der Waals surface area contributed by atoms with E-state index in [1.54, 1.807) is 30.3 Å². The van der Waals surface area contributed by atoms with E-state index in [1.807, 2.05) is 32.0 Å². The first kappa shape index (κ1) is 23.9. The number of carbonyl (C=O) groups is 2. The molecule has 0 unspecified atom stereocenters. The van der Waals surface area contributed by atoms with E-state index in [0.717, 1.165) is 35.0 Å². The SMILES string of the molecule is Cc1ccc(NC2=C(Sc3ccccc3)C(=O)N(c3cc(C(F)(F)F)ccc3Cl)C2=O)c(C)c1. The van der Waals surface area contributed by atoms with Gasteiger partial charge in [-0.25, -0.2) is 4.90 Å². The van der Waals surface area contributed by atoms with Gasteiger partial charge in [0.1, 0.15) is 10.6 Å². The van der Waals surface area contributed by atoms with E-state index < -0.39 is 23.6 Å². The number of benzene rings is 3. The molecule has 0 bridgehead atoms. The second-order valence-corrected chi connectivity index (χ2v) is 9.16. The predicted molar refractivity (Wildman–Crippen MR) is 128 cm³/mol. The minimum absolute atomic E-state index is 0.0284. The number of hydrogen-bond donors (Lipinski definition) is 1. The van der Waals surface area contributed by atoms with Crippen molar-refractivity contribution in [2.24, 2.45) is 0 Å². The molecule has 0 saturated carbocycles. The highest BCUT2D eigenvalue weighted by Gasteiger charge is 2.42. The Labute approximate surface area is 203 Å². The zero-order valence-electron chi connectivity index (χ0n) is 18.0. The van der Waals surface area contributed by atoms with Crippen molar-refractivity contribution in [3.8, 4) is 0 Å². The Morgan fingerprint density at radius 1 is 0.912 bits per heavy atom. The van der Waals surface area contributed by atoms with Gasteiger partial charge in [0.25, 0.3) is 11.8 Å². The van der Waals surface area contributed by atoms with Gasteiger partial charge in [0.15, 0.2) is 0 Å². The minimum Gasteiger partial charge on any atom is -0.350 e. The van der Waals surface area contributed by atoms with Crippen LogP contribution in [0.2, 0.25) is 5.02 Å². The first-order chi connectivity index (χ1) is 16.1. The summed E-state index contributed by atoms with van der Waals surface area (Å²) in [6, 6.07) is 17.0. The quantitative estimate of drug-likeness (QED) is 0.383. The fraction of sp³-hybridized carbons (Fsp3) is 0.120. The zero-order chi connectivity index (χ0) is 24.6. The average molecular weight is 503 g/mol. The molecule has 0 saturated heterocycles. The third kappa shape index (κ3) is 4.69. The molecule has 9 heteroatoms. The van der Waals surface area contributed by atoms with E-state index in [1.165, 1.54) is 0 Å². The lowest BCUT2D eigenvalue weighted by Gasteiger charge is -2.19. The van der Waals surface area contributed by atoms with Crippen LogP contribution < -0.4 is 10.2 Å². The molecule has 0 fully saturated rings. The lowest BCUT2D eigenvalue weighted by molar-refractivity contribution is -0.137. The van der Waals surface area contributed by atoms with E-state index in [9.17, 15) is 22.8 Å². The largest absolute Gasteiger partial charge is 0.416 e. The van der Waals surface area contributed by atoms with Gasteiger partial charge in [0.2, 0.25) is 0 Å². The summed E-state index contributed by atoms with van der Waals surface area (Å²) in [4.78, 5) is 28.3. The van der Waals surface area contributed by atoms with Gasteiger partial charge in [-0.2, -0.15) is 13.2 Å². The van der Waals surface area contributed by atoms with E-state index in [-0.39, 0.29) is 21.3 Å². The number of amides is 2. The normalized spacial score (nSPS) is 14.2. The lowest BCUT2D eigenvalue weighted by atomic mass is 10.1. The number of alkyl halides is 3. The summed E-state index contributed by atoms with van der Waals surface area (Å²) in [5.74, 6) is -1.54. The van der Waals surface area contributed by atoms with Gasteiger partial charge in [-0.1, -0.05) is 59.3 Å². The molecule has 1 heterocycles. The van der Waals surface area contributed by atoms with Gasteiger partial charge < -0.3 is 5.32 Å². The molecule has 3 aromatic carbocycles. The van der Waals surface area contributed by atoms with E-state index in [4.69, 9.17) is 11.6 Å². The van der Waals surface area contributed by atoms with Crippen LogP contribution in [0.5, 0.6) is 0 Å². The van der Waals surface area contributed by atoms with Crippen LogP contribution >= 0.6 is 23.4 Å². The minimum atomic E-state index is -4.67. The van der Waals surface area contributed by atoms with Crippen molar-refractivity contribution in [3.05, 3.63) is 99.0 Å². The number of carbonyl (C=O) groups excluding carboxylic acids is 2.